The summed E-state index contributed by atoms with van der Waals surface area (Å²) in [7, 11) is 0. The molecule has 2 unspecified atom stereocenters. The van der Waals surface area contributed by atoms with Crippen LogP contribution in [0.15, 0.2) is 3.79 Å². The van der Waals surface area contributed by atoms with Crippen molar-refractivity contribution in [1.82, 2.24) is 0 Å². The van der Waals surface area contributed by atoms with Gasteiger partial charge in [0.1, 0.15) is 0 Å². The Balaban J connectivity index is 2.49. The van der Waals surface area contributed by atoms with Crippen molar-refractivity contribution in [2.45, 2.75) is 32.6 Å². The average Bonchev–Trinajstić information content (AvgIpc) is 2.32. The molecule has 0 amide bonds. The lowest BCUT2D eigenvalue weighted by Crippen LogP contribution is -2.13. The number of halogens is 1. The molecule has 0 aromatic carbocycles. The monoisotopic (exact) mass is 259 g/mol. The molecule has 0 saturated carbocycles. The molecule has 3 heteroatoms. The fourth-order valence-electron chi connectivity index (χ4n) is 2.22. The molecule has 0 bridgehead atoms. The van der Waals surface area contributed by atoms with E-state index in [1.54, 1.807) is 0 Å². The maximum absolute atomic E-state index is 6.01. The molecular weight excluding hydrogens is 246 g/mol. The predicted octanol–water partition coefficient (Wildman–Crippen LogP) is 3.78. The number of nitrogens with two attached hydrogens (primary N) is 1. The van der Waals surface area contributed by atoms with Gasteiger partial charge in [-0.2, -0.15) is 0 Å². The molecule has 0 radical (unpaired) electrons. The Labute approximate surface area is 91.5 Å². The molecule has 1 aromatic rings. The fourth-order valence-corrected chi connectivity index (χ4v) is 4.02. The molecule has 1 heterocycles. The second-order valence-corrected chi connectivity index (χ2v) is 6.45. The van der Waals surface area contributed by atoms with Crippen LogP contribution >= 0.6 is 27.3 Å². The first-order valence-corrected chi connectivity index (χ1v) is 6.27. The molecule has 2 N–H and O–H groups in total. The third-order valence-corrected chi connectivity index (χ3v) is 4.97. The Kier molecular flexibility index (Phi) is 2.41. The van der Waals surface area contributed by atoms with Crippen LogP contribution in [0, 0.1) is 5.92 Å². The van der Waals surface area contributed by atoms with Crippen molar-refractivity contribution in [2.24, 2.45) is 5.92 Å². The Morgan fingerprint density at radius 1 is 1.46 bits per heavy atom. The van der Waals surface area contributed by atoms with E-state index in [1.807, 2.05) is 11.3 Å². The van der Waals surface area contributed by atoms with Crippen LogP contribution in [-0.4, -0.2) is 0 Å². The lowest BCUT2D eigenvalue weighted by molar-refractivity contribution is 0.457. The second kappa shape index (κ2) is 3.28. The highest BCUT2D eigenvalue weighted by Gasteiger charge is 2.26. The van der Waals surface area contributed by atoms with Gasteiger partial charge < -0.3 is 5.73 Å². The van der Waals surface area contributed by atoms with Gasteiger partial charge in [0.15, 0.2) is 0 Å². The zero-order valence-electron chi connectivity index (χ0n) is 7.93. The van der Waals surface area contributed by atoms with Crippen molar-refractivity contribution < 1.29 is 0 Å². The summed E-state index contributed by atoms with van der Waals surface area (Å²) < 4.78 is 1.12. The van der Waals surface area contributed by atoms with Crippen molar-refractivity contribution in [1.29, 1.82) is 0 Å². The maximum atomic E-state index is 6.01. The van der Waals surface area contributed by atoms with E-state index in [-0.39, 0.29) is 0 Å². The maximum Gasteiger partial charge on any atom is 0.0933 e. The van der Waals surface area contributed by atoms with Crippen molar-refractivity contribution in [3.63, 3.8) is 0 Å². The quantitative estimate of drug-likeness (QED) is 0.754. The topological polar surface area (TPSA) is 26.0 Å². The van der Waals surface area contributed by atoms with Crippen LogP contribution in [0.25, 0.3) is 0 Å². The van der Waals surface area contributed by atoms with Gasteiger partial charge in [0.25, 0.3) is 0 Å². The molecular formula is C10H14BrNS. The highest BCUT2D eigenvalue weighted by atomic mass is 79.9. The van der Waals surface area contributed by atoms with Gasteiger partial charge in [-0.25, -0.2) is 0 Å². The number of rotatable bonds is 0. The van der Waals surface area contributed by atoms with Gasteiger partial charge in [0.05, 0.1) is 9.47 Å². The molecule has 2 rings (SSSR count). The number of fused-ring (bicyclic) bond motifs is 1. The minimum atomic E-state index is 0.692. The van der Waals surface area contributed by atoms with Gasteiger partial charge in [-0.15, -0.1) is 11.3 Å². The third kappa shape index (κ3) is 1.52. The number of anilines is 1. The van der Waals surface area contributed by atoms with E-state index >= 15 is 0 Å². The molecule has 0 fully saturated rings. The largest absolute Gasteiger partial charge is 0.397 e. The summed E-state index contributed by atoms with van der Waals surface area (Å²) in [4.78, 5) is 1.50. The van der Waals surface area contributed by atoms with Crippen molar-refractivity contribution in [3.05, 3.63) is 14.2 Å². The van der Waals surface area contributed by atoms with Crippen LogP contribution in [0.3, 0.4) is 0 Å². The Bertz CT molecular complexity index is 332. The summed E-state index contributed by atoms with van der Waals surface area (Å²) in [6, 6.07) is 0. The smallest absolute Gasteiger partial charge is 0.0933 e. The SMILES string of the molecule is CC1Cc2c(sc(Br)c2N)C(C)C1. The van der Waals surface area contributed by atoms with Gasteiger partial charge in [-0.3, -0.25) is 0 Å². The normalized spacial score (nSPS) is 27.3. The standard InChI is InChI=1S/C10H14BrNS/c1-5-3-6(2)9-7(4-5)8(12)10(11)13-9/h5-6H,3-4,12H2,1-2H3. The first-order valence-electron chi connectivity index (χ1n) is 4.66. The average molecular weight is 260 g/mol. The van der Waals surface area contributed by atoms with Crippen LogP contribution in [0.4, 0.5) is 5.69 Å². The van der Waals surface area contributed by atoms with Gasteiger partial charge in [-0.1, -0.05) is 13.8 Å². The Morgan fingerprint density at radius 2 is 2.15 bits per heavy atom. The molecule has 0 saturated heterocycles. The molecule has 0 spiro atoms. The molecule has 0 aliphatic heterocycles. The fraction of sp³-hybridized carbons (Fsp3) is 0.600. The van der Waals surface area contributed by atoms with Crippen molar-refractivity contribution in [2.75, 3.05) is 5.73 Å². The summed E-state index contributed by atoms with van der Waals surface area (Å²) in [6.07, 6.45) is 2.47. The number of nitrogen functional groups attached to an aromatic ring is 1. The highest BCUT2D eigenvalue weighted by molar-refractivity contribution is 9.11. The van der Waals surface area contributed by atoms with E-state index in [9.17, 15) is 0 Å². The molecule has 13 heavy (non-hydrogen) atoms. The van der Waals surface area contributed by atoms with Crippen LogP contribution in [0.1, 0.15) is 36.6 Å². The summed E-state index contributed by atoms with van der Waals surface area (Å²) in [5.74, 6) is 1.48. The van der Waals surface area contributed by atoms with Gasteiger partial charge in [0.2, 0.25) is 0 Å². The van der Waals surface area contributed by atoms with Crippen molar-refractivity contribution >= 4 is 33.0 Å². The minimum absolute atomic E-state index is 0.692. The number of thiophene rings is 1. The molecule has 1 aliphatic carbocycles. The first kappa shape index (κ1) is 9.53. The lowest BCUT2D eigenvalue weighted by Gasteiger charge is -2.24. The third-order valence-electron chi connectivity index (χ3n) is 2.79. The van der Waals surface area contributed by atoms with Gasteiger partial charge in [0, 0.05) is 4.88 Å². The van der Waals surface area contributed by atoms with E-state index in [1.165, 1.54) is 16.9 Å². The van der Waals surface area contributed by atoms with Crippen molar-refractivity contribution in [3.8, 4) is 0 Å². The summed E-state index contributed by atoms with van der Waals surface area (Å²) in [6.45, 7) is 4.61. The van der Waals surface area contributed by atoms with Gasteiger partial charge >= 0.3 is 0 Å². The van der Waals surface area contributed by atoms with Crippen LogP contribution < -0.4 is 5.73 Å². The van der Waals surface area contributed by atoms with Crippen LogP contribution in [-0.2, 0) is 6.42 Å². The summed E-state index contributed by atoms with van der Waals surface area (Å²) in [5, 5.41) is 0. The zero-order chi connectivity index (χ0) is 9.59. The van der Waals surface area contributed by atoms with Crippen LogP contribution in [0.5, 0.6) is 0 Å². The molecule has 1 aliphatic rings. The van der Waals surface area contributed by atoms with E-state index in [2.05, 4.69) is 29.8 Å². The minimum Gasteiger partial charge on any atom is -0.397 e. The van der Waals surface area contributed by atoms with E-state index in [0.717, 1.165) is 21.8 Å². The molecule has 2 atom stereocenters. The van der Waals surface area contributed by atoms with E-state index < -0.39 is 0 Å². The highest BCUT2D eigenvalue weighted by Crippen LogP contribution is 2.45. The predicted molar refractivity (Wildman–Crippen MR) is 62.3 cm³/mol. The van der Waals surface area contributed by atoms with E-state index in [4.69, 9.17) is 5.73 Å². The Morgan fingerprint density at radius 3 is 2.85 bits per heavy atom. The van der Waals surface area contributed by atoms with E-state index in [0.29, 0.717) is 5.92 Å². The van der Waals surface area contributed by atoms with Gasteiger partial charge in [-0.05, 0) is 46.2 Å². The lowest BCUT2D eigenvalue weighted by atomic mass is 9.83. The Hall–Kier alpha value is -0.0200. The second-order valence-electron chi connectivity index (χ2n) is 4.08. The summed E-state index contributed by atoms with van der Waals surface area (Å²) in [5.41, 5.74) is 8.40. The molecule has 1 nitrogen and oxygen atoms in total. The first-order chi connectivity index (χ1) is 6.09. The number of hydrogen-bond acceptors (Lipinski definition) is 2. The summed E-state index contributed by atoms with van der Waals surface area (Å²) >= 11 is 5.34. The number of hydrogen-bond donors (Lipinski definition) is 1. The zero-order valence-corrected chi connectivity index (χ0v) is 10.3. The molecule has 72 valence electrons. The van der Waals surface area contributed by atoms with Crippen LogP contribution in [0.2, 0.25) is 0 Å². The molecule has 1 aromatic heterocycles.